The van der Waals surface area contributed by atoms with Crippen LogP contribution in [0.4, 0.5) is 18.9 Å². The summed E-state index contributed by atoms with van der Waals surface area (Å²) in [5, 5.41) is 14.9. The zero-order valence-corrected chi connectivity index (χ0v) is 16.6. The van der Waals surface area contributed by atoms with Crippen molar-refractivity contribution in [3.63, 3.8) is 0 Å². The molecular formula is C20H13Cl2F3N4O. The maximum atomic E-state index is 14.0. The number of hydrazone groups is 1. The van der Waals surface area contributed by atoms with Gasteiger partial charge in [0, 0.05) is 16.0 Å². The van der Waals surface area contributed by atoms with Crippen LogP contribution in [0, 0.1) is 17.2 Å². The Hall–Kier alpha value is -2.89. The summed E-state index contributed by atoms with van der Waals surface area (Å²) in [5.74, 6) is -2.90. The Bertz CT molecular complexity index is 1080. The van der Waals surface area contributed by atoms with Crippen LogP contribution in [-0.4, -0.2) is 18.1 Å². The van der Waals surface area contributed by atoms with E-state index in [-0.39, 0.29) is 27.1 Å². The minimum Gasteiger partial charge on any atom is -0.452 e. The number of anilines is 1. The highest BCUT2D eigenvalue weighted by Crippen LogP contribution is 2.51. The van der Waals surface area contributed by atoms with Gasteiger partial charge in [-0.15, -0.1) is 0 Å². The van der Waals surface area contributed by atoms with Crippen molar-refractivity contribution in [3.8, 4) is 6.07 Å². The van der Waals surface area contributed by atoms with Crippen LogP contribution < -0.4 is 10.7 Å². The summed E-state index contributed by atoms with van der Waals surface area (Å²) in [6.07, 6.45) is -6.02. The van der Waals surface area contributed by atoms with Gasteiger partial charge in [0.15, 0.2) is 5.71 Å². The van der Waals surface area contributed by atoms with E-state index in [4.69, 9.17) is 33.7 Å². The first-order valence-corrected chi connectivity index (χ1v) is 9.50. The molecule has 10 heteroatoms. The number of allylic oxidation sites excluding steroid dienone is 1. The lowest BCUT2D eigenvalue weighted by molar-refractivity contribution is -0.0658. The van der Waals surface area contributed by atoms with Gasteiger partial charge in [0.05, 0.1) is 17.2 Å². The summed E-state index contributed by atoms with van der Waals surface area (Å²) in [4.78, 5) is 0. The standard InChI is InChI=1S/C20H13Cl2F3N4O/c21-12-7-4-8-13(22)15(12)14-11(9-26)18(27)30-19-16(14)17(20(23,24)25)28-29(19)10-5-2-1-3-6-10/h1-8,14,16,19H,27H2/t14-,16-,19+/m0/s1. The van der Waals surface area contributed by atoms with Gasteiger partial charge < -0.3 is 10.5 Å². The van der Waals surface area contributed by atoms with E-state index in [9.17, 15) is 18.4 Å². The zero-order valence-electron chi connectivity index (χ0n) is 15.1. The minimum absolute atomic E-state index is 0.119. The maximum Gasteiger partial charge on any atom is 0.431 e. The van der Waals surface area contributed by atoms with Crippen molar-refractivity contribution in [2.24, 2.45) is 16.8 Å². The Morgan fingerprint density at radius 2 is 1.70 bits per heavy atom. The second-order valence-electron chi connectivity index (χ2n) is 6.70. The number of hydrogen-bond acceptors (Lipinski definition) is 5. The zero-order chi connectivity index (χ0) is 21.6. The number of rotatable bonds is 2. The number of nitrogens with two attached hydrogens (primary N) is 1. The van der Waals surface area contributed by atoms with Crippen molar-refractivity contribution < 1.29 is 17.9 Å². The van der Waals surface area contributed by atoms with Gasteiger partial charge in [0.25, 0.3) is 0 Å². The number of hydrogen-bond donors (Lipinski definition) is 1. The molecule has 2 heterocycles. The Labute approximate surface area is 179 Å². The Morgan fingerprint density at radius 3 is 2.27 bits per heavy atom. The van der Waals surface area contributed by atoms with Gasteiger partial charge >= 0.3 is 6.18 Å². The van der Waals surface area contributed by atoms with E-state index in [1.54, 1.807) is 36.4 Å². The predicted octanol–water partition coefficient (Wildman–Crippen LogP) is 5.18. The molecule has 154 valence electrons. The highest BCUT2D eigenvalue weighted by atomic mass is 35.5. The molecule has 2 aliphatic heterocycles. The van der Waals surface area contributed by atoms with Crippen LogP contribution in [0.25, 0.3) is 0 Å². The Kier molecular flexibility index (Phi) is 5.04. The third-order valence-electron chi connectivity index (χ3n) is 5.01. The average Bonchev–Trinajstić information content (AvgIpc) is 3.08. The van der Waals surface area contributed by atoms with Crippen LogP contribution in [0.15, 0.2) is 65.1 Å². The van der Waals surface area contributed by atoms with Gasteiger partial charge in [-0.1, -0.05) is 47.5 Å². The van der Waals surface area contributed by atoms with E-state index in [2.05, 4.69) is 5.10 Å². The molecule has 0 fully saturated rings. The summed E-state index contributed by atoms with van der Waals surface area (Å²) in [5.41, 5.74) is 5.23. The number of nitrogens with zero attached hydrogens (tertiary/aromatic N) is 3. The molecular weight excluding hydrogens is 440 g/mol. The van der Waals surface area contributed by atoms with E-state index < -0.39 is 30.0 Å². The van der Waals surface area contributed by atoms with E-state index >= 15 is 0 Å². The fourth-order valence-corrected chi connectivity index (χ4v) is 4.42. The van der Waals surface area contributed by atoms with Crippen LogP contribution in [0.2, 0.25) is 10.0 Å². The summed E-state index contributed by atoms with van der Waals surface area (Å²) in [7, 11) is 0. The lowest BCUT2D eigenvalue weighted by Crippen LogP contribution is -2.46. The molecule has 5 nitrogen and oxygen atoms in total. The lowest BCUT2D eigenvalue weighted by Gasteiger charge is -2.38. The van der Waals surface area contributed by atoms with E-state index in [0.29, 0.717) is 5.69 Å². The van der Waals surface area contributed by atoms with Crippen LogP contribution in [0.5, 0.6) is 0 Å². The molecule has 0 aromatic heterocycles. The fraction of sp³-hybridized carbons (Fsp3) is 0.200. The lowest BCUT2D eigenvalue weighted by atomic mass is 9.76. The van der Waals surface area contributed by atoms with Gasteiger partial charge in [0.1, 0.15) is 6.07 Å². The molecule has 3 atom stereocenters. The molecule has 2 aromatic rings. The molecule has 0 spiro atoms. The molecule has 0 saturated heterocycles. The first kappa shape index (κ1) is 20.4. The monoisotopic (exact) mass is 452 g/mol. The number of nitriles is 1. The van der Waals surface area contributed by atoms with Crippen LogP contribution >= 0.6 is 23.2 Å². The SMILES string of the molecule is N#CC1=C(N)O[C@@H]2[C@H](C(C(F)(F)F)=NN2c2ccccc2)[C@@H]1c1c(Cl)cccc1Cl. The maximum absolute atomic E-state index is 14.0. The second kappa shape index (κ2) is 7.42. The summed E-state index contributed by atoms with van der Waals surface area (Å²) >= 11 is 12.6. The van der Waals surface area contributed by atoms with Crippen LogP contribution in [0.3, 0.4) is 0 Å². The van der Waals surface area contributed by atoms with Crippen LogP contribution in [0.1, 0.15) is 11.5 Å². The Morgan fingerprint density at radius 1 is 1.07 bits per heavy atom. The predicted molar refractivity (Wildman–Crippen MR) is 107 cm³/mol. The highest BCUT2D eigenvalue weighted by Gasteiger charge is 2.58. The Balaban J connectivity index is 1.96. The number of benzene rings is 2. The molecule has 2 aliphatic rings. The summed E-state index contributed by atoms with van der Waals surface area (Å²) in [6, 6.07) is 14.7. The molecule has 2 aromatic carbocycles. The van der Waals surface area contributed by atoms with Gasteiger partial charge in [-0.3, -0.25) is 0 Å². The van der Waals surface area contributed by atoms with Gasteiger partial charge in [0.2, 0.25) is 12.1 Å². The topological polar surface area (TPSA) is 74.6 Å². The summed E-state index contributed by atoms with van der Waals surface area (Å²) in [6.45, 7) is 0. The van der Waals surface area contributed by atoms with Gasteiger partial charge in [-0.2, -0.15) is 23.5 Å². The normalized spacial score (nSPS) is 23.5. The van der Waals surface area contributed by atoms with Crippen molar-refractivity contribution in [2.45, 2.75) is 18.3 Å². The van der Waals surface area contributed by atoms with Gasteiger partial charge in [-0.25, -0.2) is 5.01 Å². The van der Waals surface area contributed by atoms with E-state index in [1.165, 1.54) is 12.1 Å². The third-order valence-corrected chi connectivity index (χ3v) is 5.66. The molecule has 0 radical (unpaired) electrons. The summed E-state index contributed by atoms with van der Waals surface area (Å²) < 4.78 is 47.7. The first-order chi connectivity index (χ1) is 14.2. The molecule has 0 bridgehead atoms. The number of ether oxygens (including phenoxy) is 1. The van der Waals surface area contributed by atoms with Gasteiger partial charge in [-0.05, 0) is 29.8 Å². The number of para-hydroxylation sites is 1. The highest BCUT2D eigenvalue weighted by molar-refractivity contribution is 6.36. The minimum atomic E-state index is -4.78. The van der Waals surface area contributed by atoms with Crippen molar-refractivity contribution in [2.75, 3.05) is 5.01 Å². The average molecular weight is 453 g/mol. The largest absolute Gasteiger partial charge is 0.452 e. The van der Waals surface area contributed by atoms with Crippen molar-refractivity contribution in [3.05, 3.63) is 75.6 Å². The molecule has 0 unspecified atom stereocenters. The second-order valence-corrected chi connectivity index (χ2v) is 7.51. The number of alkyl halides is 3. The first-order valence-electron chi connectivity index (χ1n) is 8.74. The van der Waals surface area contributed by atoms with E-state index in [0.717, 1.165) is 5.01 Å². The quantitative estimate of drug-likeness (QED) is 0.680. The third kappa shape index (κ3) is 3.24. The van der Waals surface area contributed by atoms with Crippen molar-refractivity contribution in [1.82, 2.24) is 0 Å². The smallest absolute Gasteiger partial charge is 0.431 e. The number of halogens is 5. The fourth-order valence-electron chi connectivity index (χ4n) is 3.79. The molecule has 4 rings (SSSR count). The molecule has 30 heavy (non-hydrogen) atoms. The molecule has 0 amide bonds. The molecule has 0 aliphatic carbocycles. The molecule has 0 saturated carbocycles. The van der Waals surface area contributed by atoms with Crippen molar-refractivity contribution >= 4 is 34.6 Å². The van der Waals surface area contributed by atoms with Crippen molar-refractivity contribution in [1.29, 1.82) is 5.26 Å². The van der Waals surface area contributed by atoms with E-state index in [1.807, 2.05) is 6.07 Å². The number of fused-ring (bicyclic) bond motifs is 1. The van der Waals surface area contributed by atoms with Crippen LogP contribution in [-0.2, 0) is 4.74 Å². The molecule has 2 N–H and O–H groups in total.